The molecule has 6 heterocycles. The molecule has 6 aliphatic heterocycles. The topological polar surface area (TPSA) is 121 Å². The molecule has 6 aliphatic rings. The zero-order valence-electron chi connectivity index (χ0n) is 32.9. The summed E-state index contributed by atoms with van der Waals surface area (Å²) in [4.78, 5) is 80.1. The summed E-state index contributed by atoms with van der Waals surface area (Å²) in [7, 11) is 0. The second kappa shape index (κ2) is 14.7. The molecule has 5 saturated heterocycles. The minimum Gasteiger partial charge on any atom is -0.371 e. The number of rotatable bonds is 6. The number of carbonyl (C=O) groups excluding carboxylic acids is 5. The maximum atomic E-state index is 13.6. The first-order valence-corrected chi connectivity index (χ1v) is 20.7. The molecule has 14 heteroatoms. The number of piperazine rings is 1. The monoisotopic (exact) mass is 802 g/mol. The van der Waals surface area contributed by atoms with E-state index in [2.05, 4.69) is 54.9 Å². The number of nitrogens with zero attached hydrogens (tertiary/aromatic N) is 7. The molecule has 2 atom stereocenters. The smallest absolute Gasteiger partial charge is 0.262 e. The fraction of sp³-hybridized carbons (Fsp3) is 0.455. The van der Waals surface area contributed by atoms with Gasteiger partial charge in [0.25, 0.3) is 17.7 Å². The van der Waals surface area contributed by atoms with Crippen LogP contribution in [0.2, 0.25) is 5.02 Å². The molecule has 9 rings (SSSR count). The number of imide groups is 2. The largest absolute Gasteiger partial charge is 0.371 e. The third kappa shape index (κ3) is 6.56. The van der Waals surface area contributed by atoms with E-state index in [9.17, 15) is 24.0 Å². The van der Waals surface area contributed by atoms with Crippen molar-refractivity contribution < 1.29 is 24.0 Å². The highest BCUT2D eigenvalue weighted by Gasteiger charge is 2.46. The van der Waals surface area contributed by atoms with Gasteiger partial charge in [0.15, 0.2) is 0 Å². The van der Waals surface area contributed by atoms with E-state index in [0.29, 0.717) is 41.4 Å². The Morgan fingerprint density at radius 2 is 1.55 bits per heavy atom. The van der Waals surface area contributed by atoms with E-state index in [1.54, 1.807) is 12.1 Å². The van der Waals surface area contributed by atoms with Crippen molar-refractivity contribution in [1.82, 2.24) is 20.0 Å². The van der Waals surface area contributed by atoms with Crippen LogP contribution < -0.4 is 20.0 Å². The van der Waals surface area contributed by atoms with Gasteiger partial charge in [0.05, 0.1) is 22.7 Å². The average molecular weight is 803 g/mol. The molecule has 0 aliphatic carbocycles. The molecule has 0 saturated carbocycles. The number of anilines is 3. The summed E-state index contributed by atoms with van der Waals surface area (Å²) < 4.78 is 0. The zero-order chi connectivity index (χ0) is 40.5. The van der Waals surface area contributed by atoms with Crippen molar-refractivity contribution in [3.63, 3.8) is 0 Å². The van der Waals surface area contributed by atoms with Gasteiger partial charge >= 0.3 is 0 Å². The van der Waals surface area contributed by atoms with Crippen molar-refractivity contribution in [1.29, 1.82) is 0 Å². The third-order valence-corrected chi connectivity index (χ3v) is 14.1. The van der Waals surface area contributed by atoms with Gasteiger partial charge in [-0.3, -0.25) is 39.1 Å². The van der Waals surface area contributed by atoms with Gasteiger partial charge in [-0.1, -0.05) is 17.7 Å². The molecule has 1 N–H and O–H groups in total. The summed E-state index contributed by atoms with van der Waals surface area (Å²) in [5, 5.41) is 2.79. The highest BCUT2D eigenvalue weighted by atomic mass is 35.5. The Bertz CT molecular complexity index is 2250. The number of fused-ring (bicyclic) bond motifs is 1. The zero-order valence-corrected chi connectivity index (χ0v) is 33.6. The van der Waals surface area contributed by atoms with Crippen LogP contribution in [0.15, 0.2) is 54.6 Å². The van der Waals surface area contributed by atoms with Gasteiger partial charge in [0, 0.05) is 100 Å². The first-order chi connectivity index (χ1) is 27.9. The Kier molecular flexibility index (Phi) is 9.68. The van der Waals surface area contributed by atoms with Gasteiger partial charge in [-0.2, -0.15) is 0 Å². The van der Waals surface area contributed by atoms with Crippen molar-refractivity contribution in [3.8, 4) is 0 Å². The minimum absolute atomic E-state index is 0.0580. The molecule has 1 unspecified atom stereocenters. The number of hydrogen-bond donors (Lipinski definition) is 1. The summed E-state index contributed by atoms with van der Waals surface area (Å²) in [5.74, 6) is -1.96. The molecule has 0 bridgehead atoms. The van der Waals surface area contributed by atoms with E-state index in [4.69, 9.17) is 18.2 Å². The van der Waals surface area contributed by atoms with Crippen molar-refractivity contribution in [3.05, 3.63) is 93.3 Å². The molecule has 0 radical (unpaired) electrons. The predicted octanol–water partition coefficient (Wildman–Crippen LogP) is 5.13. The Hall–Kier alpha value is -5.45. The van der Waals surface area contributed by atoms with Crippen LogP contribution in [0.4, 0.5) is 22.7 Å². The third-order valence-electron chi connectivity index (χ3n) is 13.6. The summed E-state index contributed by atoms with van der Waals surface area (Å²) in [5.41, 5.74) is 6.14. The molecule has 5 fully saturated rings. The number of carbonyl (C=O) groups is 5. The second-order valence-corrected chi connectivity index (χ2v) is 17.3. The van der Waals surface area contributed by atoms with Gasteiger partial charge in [-0.25, -0.2) is 4.85 Å². The van der Waals surface area contributed by atoms with Gasteiger partial charge in [0.2, 0.25) is 17.5 Å². The quantitative estimate of drug-likeness (QED) is 0.267. The van der Waals surface area contributed by atoms with E-state index in [-0.39, 0.29) is 35.3 Å². The number of benzene rings is 3. The Balaban J connectivity index is 0.744. The fourth-order valence-corrected chi connectivity index (χ4v) is 10.3. The number of amides is 5. The lowest BCUT2D eigenvalue weighted by molar-refractivity contribution is -0.136. The molecule has 5 amide bonds. The van der Waals surface area contributed by atoms with Gasteiger partial charge in [0.1, 0.15) is 6.04 Å². The highest BCUT2D eigenvalue weighted by Crippen LogP contribution is 2.47. The Morgan fingerprint density at radius 3 is 2.24 bits per heavy atom. The van der Waals surface area contributed by atoms with E-state index in [1.807, 2.05) is 36.1 Å². The van der Waals surface area contributed by atoms with E-state index in [1.165, 1.54) is 0 Å². The van der Waals surface area contributed by atoms with Gasteiger partial charge in [-0.05, 0) is 99.0 Å². The second-order valence-electron chi connectivity index (χ2n) is 16.9. The van der Waals surface area contributed by atoms with E-state index < -0.39 is 29.7 Å². The van der Waals surface area contributed by atoms with Crippen LogP contribution in [0.1, 0.15) is 75.7 Å². The van der Waals surface area contributed by atoms with Crippen LogP contribution in [0.25, 0.3) is 4.85 Å². The summed E-state index contributed by atoms with van der Waals surface area (Å²) in [6.07, 6.45) is 3.55. The molecule has 58 heavy (non-hydrogen) atoms. The van der Waals surface area contributed by atoms with Crippen LogP contribution in [0.3, 0.4) is 0 Å². The van der Waals surface area contributed by atoms with Gasteiger partial charge < -0.3 is 19.6 Å². The molecular formula is C44H47ClN8O5. The minimum atomic E-state index is -0.983. The van der Waals surface area contributed by atoms with Crippen LogP contribution in [0.5, 0.6) is 0 Å². The van der Waals surface area contributed by atoms with Crippen LogP contribution in [-0.4, -0.2) is 121 Å². The standard InChI is InChI=1S/C44H47ClN8O5/c1-27-23-44(26-52(27)36-11-10-35(46-3)39(45)28(36)2)14-16-48(17-15-44)30-6-4-29(5-7-30)41(56)50-20-18-49(19-21-50)32-24-51(25-32)31-8-9-33-34(22-31)43(58)53(42(33)57)37-12-13-38(54)47-40(37)55/h4-11,22,27,32,37H,12-21,23-26H2,1-2H3,(H,47,54,55)/t27-,37?/m0/s1. The van der Waals surface area contributed by atoms with Crippen molar-refractivity contribution in [2.24, 2.45) is 5.41 Å². The van der Waals surface area contributed by atoms with Crippen molar-refractivity contribution in [2.75, 3.05) is 73.6 Å². The maximum Gasteiger partial charge on any atom is 0.262 e. The molecule has 300 valence electrons. The first-order valence-electron chi connectivity index (χ1n) is 20.4. The highest BCUT2D eigenvalue weighted by molar-refractivity contribution is 6.34. The predicted molar refractivity (Wildman–Crippen MR) is 221 cm³/mol. The normalized spacial score (nSPS) is 23.7. The van der Waals surface area contributed by atoms with Crippen LogP contribution in [-0.2, 0) is 9.59 Å². The average Bonchev–Trinajstić information content (AvgIpc) is 3.66. The molecule has 0 aromatic heterocycles. The lowest BCUT2D eigenvalue weighted by Gasteiger charge is -2.49. The molecule has 3 aromatic rings. The lowest BCUT2D eigenvalue weighted by atomic mass is 9.76. The Labute approximate surface area is 343 Å². The fourth-order valence-electron chi connectivity index (χ4n) is 10.1. The molecule has 13 nitrogen and oxygen atoms in total. The molecule has 3 aromatic carbocycles. The number of piperidine rings is 2. The van der Waals surface area contributed by atoms with E-state index >= 15 is 0 Å². The number of nitrogens with one attached hydrogen (secondary N) is 1. The lowest BCUT2D eigenvalue weighted by Crippen LogP contribution is -2.63. The summed E-state index contributed by atoms with van der Waals surface area (Å²) in [6, 6.07) is 17.0. The van der Waals surface area contributed by atoms with Crippen molar-refractivity contribution >= 4 is 63.9 Å². The van der Waals surface area contributed by atoms with Crippen molar-refractivity contribution in [2.45, 2.75) is 64.1 Å². The maximum absolute atomic E-state index is 13.6. The summed E-state index contributed by atoms with van der Waals surface area (Å²) >= 11 is 6.55. The first kappa shape index (κ1) is 38.1. The van der Waals surface area contributed by atoms with Crippen LogP contribution >= 0.6 is 11.6 Å². The Morgan fingerprint density at radius 1 is 0.862 bits per heavy atom. The summed E-state index contributed by atoms with van der Waals surface area (Å²) in [6.45, 7) is 19.1. The number of hydrogen-bond acceptors (Lipinski definition) is 9. The SMILES string of the molecule is [C-]#[N+]c1ccc(N2CC3(CCN(c4ccc(C(=O)N5CCN(C6CN(c7ccc8c(c7)C(=O)N(C7CCC(=O)NC7=O)C8=O)C6)CC5)cc4)CC3)C[C@@H]2C)c(C)c1Cl. The molecule has 1 spiro atoms. The molecular weight excluding hydrogens is 756 g/mol. The number of halogens is 1. The van der Waals surface area contributed by atoms with Crippen LogP contribution in [0, 0.1) is 18.9 Å². The van der Waals surface area contributed by atoms with Gasteiger partial charge in [-0.15, -0.1) is 0 Å². The van der Waals surface area contributed by atoms with E-state index in [0.717, 1.165) is 92.6 Å².